The van der Waals surface area contributed by atoms with E-state index in [1.807, 2.05) is 24.3 Å². The van der Waals surface area contributed by atoms with E-state index >= 15 is 0 Å². The molecule has 0 saturated heterocycles. The summed E-state index contributed by atoms with van der Waals surface area (Å²) in [5.74, 6) is 1.23. The molecule has 38 heavy (non-hydrogen) atoms. The molecule has 10 nitrogen and oxygen atoms in total. The summed E-state index contributed by atoms with van der Waals surface area (Å²) >= 11 is 0. The molecule has 1 saturated carbocycles. The first kappa shape index (κ1) is 25.6. The lowest BCUT2D eigenvalue weighted by Gasteiger charge is -2.21. The fourth-order valence-corrected chi connectivity index (χ4v) is 5.00. The highest BCUT2D eigenvalue weighted by Gasteiger charge is 2.29. The number of carbonyl (C=O) groups is 1. The van der Waals surface area contributed by atoms with Gasteiger partial charge in [0.05, 0.1) is 18.3 Å². The normalized spacial score (nSPS) is 15.0. The Morgan fingerprint density at radius 2 is 2.03 bits per heavy atom. The summed E-state index contributed by atoms with van der Waals surface area (Å²) in [6, 6.07) is 9.71. The van der Waals surface area contributed by atoms with Gasteiger partial charge in [0, 0.05) is 41.5 Å². The van der Waals surface area contributed by atoms with E-state index in [0.29, 0.717) is 29.7 Å². The van der Waals surface area contributed by atoms with Crippen LogP contribution in [0.3, 0.4) is 0 Å². The topological polar surface area (TPSA) is 124 Å². The third-order valence-electron chi connectivity index (χ3n) is 6.74. The van der Waals surface area contributed by atoms with Gasteiger partial charge in [0.25, 0.3) is 11.5 Å². The lowest BCUT2D eigenvalue weighted by molar-refractivity contribution is -0.120. The van der Waals surface area contributed by atoms with Crippen LogP contribution in [0.4, 0.5) is 5.82 Å². The summed E-state index contributed by atoms with van der Waals surface area (Å²) in [6.07, 6.45) is 11.4. The third kappa shape index (κ3) is 6.08. The van der Waals surface area contributed by atoms with Crippen molar-refractivity contribution in [2.45, 2.75) is 64.1 Å². The minimum Gasteiger partial charge on any atom is -0.455 e. The number of benzene rings is 1. The molecule has 1 fully saturated rings. The van der Waals surface area contributed by atoms with Gasteiger partial charge in [0.15, 0.2) is 11.6 Å². The van der Waals surface area contributed by atoms with Crippen LogP contribution in [0.2, 0.25) is 0 Å². The molecular weight excluding hydrogens is 484 g/mol. The Labute approximate surface area is 220 Å². The van der Waals surface area contributed by atoms with Crippen LogP contribution in [0.25, 0.3) is 10.8 Å². The van der Waals surface area contributed by atoms with E-state index in [2.05, 4.69) is 20.5 Å². The van der Waals surface area contributed by atoms with Gasteiger partial charge in [-0.1, -0.05) is 37.8 Å². The molecule has 3 aromatic heterocycles. The van der Waals surface area contributed by atoms with Gasteiger partial charge in [-0.3, -0.25) is 19.3 Å². The summed E-state index contributed by atoms with van der Waals surface area (Å²) in [5.41, 5.74) is -1.36. The molecule has 1 atom stereocenters. The number of fused-ring (bicyclic) bond motifs is 1. The van der Waals surface area contributed by atoms with Gasteiger partial charge in [-0.05, 0) is 38.3 Å². The first-order valence-electron chi connectivity index (χ1n) is 12.9. The van der Waals surface area contributed by atoms with Crippen molar-refractivity contribution >= 4 is 22.5 Å². The highest BCUT2D eigenvalue weighted by molar-refractivity contribution is 5.92. The van der Waals surface area contributed by atoms with E-state index < -0.39 is 17.2 Å². The molecule has 1 amide bonds. The van der Waals surface area contributed by atoms with E-state index in [1.165, 1.54) is 16.9 Å². The van der Waals surface area contributed by atoms with Crippen LogP contribution in [0.15, 0.2) is 66.0 Å². The molecule has 10 heteroatoms. The number of pyridine rings is 1. The van der Waals surface area contributed by atoms with Gasteiger partial charge >= 0.3 is 0 Å². The minimum atomic E-state index is -0.942. The molecule has 1 aliphatic carbocycles. The molecule has 0 bridgehead atoms. The number of ether oxygens (including phenoxy) is 1. The van der Waals surface area contributed by atoms with Crippen LogP contribution in [0.1, 0.15) is 52.0 Å². The summed E-state index contributed by atoms with van der Waals surface area (Å²) in [5, 5.41) is 23.4. The van der Waals surface area contributed by atoms with Crippen LogP contribution in [0, 0.1) is 5.92 Å². The predicted molar refractivity (Wildman–Crippen MR) is 143 cm³/mol. The fourth-order valence-electron chi connectivity index (χ4n) is 5.00. The second kappa shape index (κ2) is 10.7. The first-order valence-corrected chi connectivity index (χ1v) is 12.9. The number of aromatic nitrogens is 5. The Morgan fingerprint density at radius 3 is 2.79 bits per heavy atom. The van der Waals surface area contributed by atoms with Crippen molar-refractivity contribution in [2.24, 2.45) is 5.92 Å². The number of anilines is 1. The van der Waals surface area contributed by atoms with Crippen LogP contribution in [-0.2, 0) is 11.3 Å². The first-order chi connectivity index (χ1) is 18.2. The largest absolute Gasteiger partial charge is 0.455 e. The van der Waals surface area contributed by atoms with Gasteiger partial charge in [-0.25, -0.2) is 4.68 Å². The van der Waals surface area contributed by atoms with Crippen LogP contribution in [0.5, 0.6) is 11.5 Å². The third-order valence-corrected chi connectivity index (χ3v) is 6.74. The fraction of sp³-hybridized carbons (Fsp3) is 0.393. The SMILES string of the molecule is CC(C)(O)Cn1ccc(NC(=O)[C@H](CC2CCCC2)n2ncc(Oc3cccc4cnccc34)cc2=O)n1. The Hall–Kier alpha value is -4.05. The highest BCUT2D eigenvalue weighted by atomic mass is 16.5. The monoisotopic (exact) mass is 516 g/mol. The number of nitrogens with zero attached hydrogens (tertiary/aromatic N) is 5. The molecule has 0 spiro atoms. The molecule has 1 aliphatic rings. The van der Waals surface area contributed by atoms with Gasteiger partial charge in [0.1, 0.15) is 11.8 Å². The Balaban J connectivity index is 1.38. The molecule has 2 N–H and O–H groups in total. The number of hydrogen-bond acceptors (Lipinski definition) is 7. The lowest BCUT2D eigenvalue weighted by atomic mass is 9.98. The van der Waals surface area contributed by atoms with E-state index in [9.17, 15) is 14.7 Å². The summed E-state index contributed by atoms with van der Waals surface area (Å²) in [4.78, 5) is 30.8. The average molecular weight is 517 g/mol. The number of carbonyl (C=O) groups excluding carboxylic acids is 1. The molecular formula is C28H32N6O4. The van der Waals surface area contributed by atoms with Crippen LogP contribution >= 0.6 is 0 Å². The van der Waals surface area contributed by atoms with Crippen molar-refractivity contribution in [1.82, 2.24) is 24.5 Å². The van der Waals surface area contributed by atoms with Gasteiger partial charge in [0.2, 0.25) is 0 Å². The Kier molecular flexibility index (Phi) is 7.24. The quantitative estimate of drug-likeness (QED) is 0.340. The molecule has 198 valence electrons. The molecule has 4 aromatic rings. The van der Waals surface area contributed by atoms with E-state index in [0.717, 1.165) is 36.5 Å². The zero-order valence-corrected chi connectivity index (χ0v) is 21.6. The van der Waals surface area contributed by atoms with Gasteiger partial charge < -0.3 is 15.2 Å². The van der Waals surface area contributed by atoms with Crippen molar-refractivity contribution in [2.75, 3.05) is 5.32 Å². The summed E-state index contributed by atoms with van der Waals surface area (Å²) < 4.78 is 8.81. The van der Waals surface area contributed by atoms with Crippen LogP contribution in [-0.4, -0.2) is 41.2 Å². The standard InChI is InChI=1S/C28H32N6O4/c1-28(2,37)18-33-13-11-25(32-33)31-27(36)23(14-19-6-3-4-7-19)34-26(35)15-21(17-30-34)38-24-9-5-8-20-16-29-12-10-22(20)24/h5,8-13,15-17,19,23,37H,3-4,6-7,14,18H2,1-2H3,(H,31,32,36)/t23-/m0/s1. The highest BCUT2D eigenvalue weighted by Crippen LogP contribution is 2.32. The van der Waals surface area contributed by atoms with E-state index in [4.69, 9.17) is 4.74 Å². The number of rotatable bonds is 9. The lowest BCUT2D eigenvalue weighted by Crippen LogP contribution is -2.36. The zero-order chi connectivity index (χ0) is 26.7. The van der Waals surface area contributed by atoms with Crippen molar-refractivity contribution in [1.29, 1.82) is 0 Å². The number of nitrogens with one attached hydrogen (secondary N) is 1. The van der Waals surface area contributed by atoms with Gasteiger partial charge in [-0.15, -0.1) is 0 Å². The number of aliphatic hydroxyl groups is 1. The smallest absolute Gasteiger partial charge is 0.271 e. The molecule has 0 radical (unpaired) electrons. The summed E-state index contributed by atoms with van der Waals surface area (Å²) in [7, 11) is 0. The van der Waals surface area contributed by atoms with Crippen molar-refractivity contribution in [3.63, 3.8) is 0 Å². The second-order valence-electron chi connectivity index (χ2n) is 10.5. The molecule has 1 aromatic carbocycles. The maximum atomic E-state index is 13.4. The van der Waals surface area contributed by atoms with Crippen LogP contribution < -0.4 is 15.6 Å². The zero-order valence-electron chi connectivity index (χ0n) is 21.6. The summed E-state index contributed by atoms with van der Waals surface area (Å²) in [6.45, 7) is 3.66. The van der Waals surface area contributed by atoms with Crippen molar-refractivity contribution in [3.8, 4) is 11.5 Å². The van der Waals surface area contributed by atoms with Crippen molar-refractivity contribution < 1.29 is 14.6 Å². The van der Waals surface area contributed by atoms with E-state index in [1.54, 1.807) is 43.2 Å². The molecule has 0 aliphatic heterocycles. The Bertz CT molecular complexity index is 1480. The predicted octanol–water partition coefficient (Wildman–Crippen LogP) is 4.31. The Morgan fingerprint density at radius 1 is 1.21 bits per heavy atom. The minimum absolute atomic E-state index is 0.282. The molecule has 0 unspecified atom stereocenters. The maximum absolute atomic E-state index is 13.4. The number of hydrogen-bond donors (Lipinski definition) is 2. The number of amides is 1. The second-order valence-corrected chi connectivity index (χ2v) is 10.5. The maximum Gasteiger partial charge on any atom is 0.271 e. The molecule has 3 heterocycles. The van der Waals surface area contributed by atoms with E-state index in [-0.39, 0.29) is 12.5 Å². The van der Waals surface area contributed by atoms with Crippen molar-refractivity contribution in [3.05, 3.63) is 71.5 Å². The average Bonchev–Trinajstić information content (AvgIpc) is 3.54. The molecule has 5 rings (SSSR count). The van der Waals surface area contributed by atoms with Gasteiger partial charge in [-0.2, -0.15) is 10.2 Å².